The molecule has 0 bridgehead atoms. The molecule has 2 unspecified atom stereocenters. The molecular formula is C12H20N2O4. The van der Waals surface area contributed by atoms with Crippen molar-refractivity contribution in [3.63, 3.8) is 0 Å². The Kier molecular flexibility index (Phi) is 5.12. The monoisotopic (exact) mass is 256 g/mol. The molecule has 0 radical (unpaired) electrons. The molecule has 2 N–H and O–H groups in total. The second-order valence-electron chi connectivity index (χ2n) is 4.64. The number of rotatable bonds is 5. The highest BCUT2D eigenvalue weighted by molar-refractivity contribution is 5.97. The Morgan fingerprint density at radius 2 is 1.94 bits per heavy atom. The number of carbonyl (C=O) groups is 3. The number of amides is 2. The summed E-state index contributed by atoms with van der Waals surface area (Å²) in [6, 6.07) is -1.13. The Labute approximate surface area is 106 Å². The number of ether oxygens (including phenoxy) is 1. The largest absolute Gasteiger partial charge is 0.466 e. The average Bonchev–Trinajstić information content (AvgIpc) is 2.29. The van der Waals surface area contributed by atoms with Crippen molar-refractivity contribution in [3.05, 3.63) is 0 Å². The Morgan fingerprint density at radius 3 is 2.50 bits per heavy atom. The number of piperazine rings is 1. The molecule has 102 valence electrons. The van der Waals surface area contributed by atoms with Crippen LogP contribution >= 0.6 is 0 Å². The third kappa shape index (κ3) is 3.72. The topological polar surface area (TPSA) is 84.5 Å². The maximum absolute atomic E-state index is 11.7. The van der Waals surface area contributed by atoms with E-state index in [1.807, 2.05) is 13.8 Å². The highest BCUT2D eigenvalue weighted by atomic mass is 16.5. The second kappa shape index (κ2) is 6.37. The molecule has 0 aliphatic carbocycles. The molecule has 6 nitrogen and oxygen atoms in total. The molecule has 1 fully saturated rings. The molecular weight excluding hydrogens is 236 g/mol. The van der Waals surface area contributed by atoms with E-state index in [9.17, 15) is 14.4 Å². The Hall–Kier alpha value is -1.59. The Balaban J connectivity index is 2.47. The van der Waals surface area contributed by atoms with E-state index in [-0.39, 0.29) is 36.5 Å². The molecule has 2 atom stereocenters. The Morgan fingerprint density at radius 1 is 1.28 bits per heavy atom. The summed E-state index contributed by atoms with van der Waals surface area (Å²) >= 11 is 0. The van der Waals surface area contributed by atoms with E-state index in [1.54, 1.807) is 6.92 Å². The van der Waals surface area contributed by atoms with Crippen LogP contribution in [0.1, 0.15) is 33.6 Å². The number of nitrogens with one attached hydrogen (secondary N) is 2. The van der Waals surface area contributed by atoms with Gasteiger partial charge in [0.25, 0.3) is 0 Å². The SMILES string of the molecule is CCOC(=O)CCC1NC(=O)C(C(C)C)NC1=O. The van der Waals surface area contributed by atoms with Crippen molar-refractivity contribution < 1.29 is 19.1 Å². The van der Waals surface area contributed by atoms with Gasteiger partial charge in [0, 0.05) is 6.42 Å². The van der Waals surface area contributed by atoms with Crippen molar-refractivity contribution in [2.24, 2.45) is 5.92 Å². The van der Waals surface area contributed by atoms with Crippen molar-refractivity contribution in [1.29, 1.82) is 0 Å². The van der Waals surface area contributed by atoms with Gasteiger partial charge in [0.15, 0.2) is 0 Å². The number of hydrogen-bond donors (Lipinski definition) is 2. The van der Waals surface area contributed by atoms with E-state index in [0.29, 0.717) is 6.61 Å². The molecule has 18 heavy (non-hydrogen) atoms. The van der Waals surface area contributed by atoms with Crippen molar-refractivity contribution in [3.8, 4) is 0 Å². The summed E-state index contributed by atoms with van der Waals surface area (Å²) in [5, 5.41) is 5.30. The highest BCUT2D eigenvalue weighted by Gasteiger charge is 2.35. The zero-order chi connectivity index (χ0) is 13.7. The van der Waals surface area contributed by atoms with E-state index in [2.05, 4.69) is 10.6 Å². The predicted octanol–water partition coefficient (Wildman–Crippen LogP) is -0.0311. The molecule has 1 rings (SSSR count). The molecule has 6 heteroatoms. The van der Waals surface area contributed by atoms with Gasteiger partial charge >= 0.3 is 5.97 Å². The van der Waals surface area contributed by atoms with Gasteiger partial charge in [-0.05, 0) is 19.3 Å². The summed E-state index contributed by atoms with van der Waals surface area (Å²) < 4.78 is 4.77. The van der Waals surface area contributed by atoms with Crippen LogP contribution in [0, 0.1) is 5.92 Å². The molecule has 1 saturated heterocycles. The van der Waals surface area contributed by atoms with Crippen LogP contribution in [0.5, 0.6) is 0 Å². The summed E-state index contributed by atoms with van der Waals surface area (Å²) in [4.78, 5) is 34.6. The molecule has 0 spiro atoms. The van der Waals surface area contributed by atoms with Crippen LogP contribution in [0.2, 0.25) is 0 Å². The van der Waals surface area contributed by atoms with Crippen LogP contribution in [0.4, 0.5) is 0 Å². The summed E-state index contributed by atoms with van der Waals surface area (Å²) in [6.07, 6.45) is 0.389. The predicted molar refractivity (Wildman–Crippen MR) is 64.6 cm³/mol. The van der Waals surface area contributed by atoms with Gasteiger partial charge in [0.1, 0.15) is 12.1 Å². The van der Waals surface area contributed by atoms with E-state index in [1.165, 1.54) is 0 Å². The van der Waals surface area contributed by atoms with Crippen LogP contribution in [0.25, 0.3) is 0 Å². The van der Waals surface area contributed by atoms with Crippen molar-refractivity contribution in [2.75, 3.05) is 6.61 Å². The zero-order valence-corrected chi connectivity index (χ0v) is 11.0. The lowest BCUT2D eigenvalue weighted by molar-refractivity contribution is -0.144. The first-order chi connectivity index (χ1) is 8.45. The maximum atomic E-state index is 11.7. The molecule has 0 aromatic rings. The van der Waals surface area contributed by atoms with E-state index in [4.69, 9.17) is 4.74 Å². The molecule has 1 aliphatic heterocycles. The standard InChI is InChI=1S/C12H20N2O4/c1-4-18-9(15)6-5-8-11(16)14-10(7(2)3)12(17)13-8/h7-8,10H,4-6H2,1-3H3,(H,13,17)(H,14,16). The highest BCUT2D eigenvalue weighted by Crippen LogP contribution is 2.10. The summed E-state index contributed by atoms with van der Waals surface area (Å²) in [7, 11) is 0. The van der Waals surface area contributed by atoms with Gasteiger partial charge in [-0.3, -0.25) is 14.4 Å². The van der Waals surface area contributed by atoms with Gasteiger partial charge < -0.3 is 15.4 Å². The van der Waals surface area contributed by atoms with Crippen LogP contribution in [-0.2, 0) is 19.1 Å². The third-order valence-electron chi connectivity index (χ3n) is 2.82. The quantitative estimate of drug-likeness (QED) is 0.676. The smallest absolute Gasteiger partial charge is 0.305 e. The summed E-state index contributed by atoms with van der Waals surface area (Å²) in [6.45, 7) is 5.77. The molecule has 0 saturated carbocycles. The number of carbonyl (C=O) groups excluding carboxylic acids is 3. The number of hydrogen-bond acceptors (Lipinski definition) is 4. The first kappa shape index (κ1) is 14.5. The third-order valence-corrected chi connectivity index (χ3v) is 2.82. The minimum Gasteiger partial charge on any atom is -0.466 e. The second-order valence-corrected chi connectivity index (χ2v) is 4.64. The van der Waals surface area contributed by atoms with Crippen molar-refractivity contribution in [2.45, 2.75) is 45.7 Å². The lowest BCUT2D eigenvalue weighted by Crippen LogP contribution is -2.63. The van der Waals surface area contributed by atoms with Gasteiger partial charge in [-0.2, -0.15) is 0 Å². The Bertz CT molecular complexity index is 341. The zero-order valence-electron chi connectivity index (χ0n) is 11.0. The lowest BCUT2D eigenvalue weighted by atomic mass is 9.98. The average molecular weight is 256 g/mol. The van der Waals surface area contributed by atoms with Gasteiger partial charge in [0.05, 0.1) is 6.61 Å². The molecule has 1 aliphatic rings. The number of esters is 1. The van der Waals surface area contributed by atoms with Crippen LogP contribution < -0.4 is 10.6 Å². The fourth-order valence-electron chi connectivity index (χ4n) is 1.81. The molecule has 0 aromatic carbocycles. The van der Waals surface area contributed by atoms with Gasteiger partial charge in [-0.25, -0.2) is 0 Å². The van der Waals surface area contributed by atoms with Crippen LogP contribution in [0.15, 0.2) is 0 Å². The summed E-state index contributed by atoms with van der Waals surface area (Å²) in [5.41, 5.74) is 0. The maximum Gasteiger partial charge on any atom is 0.305 e. The summed E-state index contributed by atoms with van der Waals surface area (Å²) in [5.74, 6) is -0.749. The van der Waals surface area contributed by atoms with Crippen molar-refractivity contribution in [1.82, 2.24) is 10.6 Å². The van der Waals surface area contributed by atoms with Gasteiger partial charge in [-0.15, -0.1) is 0 Å². The van der Waals surface area contributed by atoms with E-state index in [0.717, 1.165) is 0 Å². The van der Waals surface area contributed by atoms with E-state index >= 15 is 0 Å². The minimum absolute atomic E-state index is 0.0416. The fraction of sp³-hybridized carbons (Fsp3) is 0.750. The van der Waals surface area contributed by atoms with Gasteiger partial charge in [-0.1, -0.05) is 13.8 Å². The lowest BCUT2D eigenvalue weighted by Gasteiger charge is -2.31. The molecule has 1 heterocycles. The first-order valence-electron chi connectivity index (χ1n) is 6.22. The molecule has 2 amide bonds. The molecule has 0 aromatic heterocycles. The normalized spacial score (nSPS) is 23.6. The van der Waals surface area contributed by atoms with Crippen LogP contribution in [-0.4, -0.2) is 36.5 Å². The van der Waals surface area contributed by atoms with Crippen LogP contribution in [0.3, 0.4) is 0 Å². The fourth-order valence-corrected chi connectivity index (χ4v) is 1.81. The first-order valence-corrected chi connectivity index (χ1v) is 6.22. The van der Waals surface area contributed by atoms with E-state index < -0.39 is 12.1 Å². The van der Waals surface area contributed by atoms with Gasteiger partial charge in [0.2, 0.25) is 11.8 Å². The van der Waals surface area contributed by atoms with Crippen molar-refractivity contribution >= 4 is 17.8 Å². The minimum atomic E-state index is -0.642.